The smallest absolute Gasteiger partial charge is 0.0868 e. The molecule has 17 heavy (non-hydrogen) atoms. The van der Waals surface area contributed by atoms with Crippen molar-refractivity contribution in [3.63, 3.8) is 0 Å². The lowest BCUT2D eigenvalue weighted by Gasteiger charge is -2.08. The molecule has 0 spiro atoms. The molecule has 0 unspecified atom stereocenters. The van der Waals surface area contributed by atoms with Crippen molar-refractivity contribution in [1.82, 2.24) is 14.8 Å². The monoisotopic (exact) mass is 287 g/mol. The van der Waals surface area contributed by atoms with Crippen molar-refractivity contribution in [2.24, 2.45) is 0 Å². The minimum atomic E-state index is 0.970. The van der Waals surface area contributed by atoms with E-state index in [4.69, 9.17) is 0 Å². The molecule has 0 atom stereocenters. The molecule has 0 saturated heterocycles. The molecular weight excluding hydrogens is 278 g/mol. The van der Waals surface area contributed by atoms with E-state index in [2.05, 4.69) is 32.1 Å². The van der Waals surface area contributed by atoms with E-state index in [1.54, 1.807) is 6.20 Å². The number of halogens is 1. The number of hydrogen-bond donors (Lipinski definition) is 0. The van der Waals surface area contributed by atoms with Crippen molar-refractivity contribution >= 4 is 26.8 Å². The van der Waals surface area contributed by atoms with E-state index in [-0.39, 0.29) is 0 Å². The second-order valence-electron chi connectivity index (χ2n) is 3.87. The average Bonchev–Trinajstić information content (AvgIpc) is 2.83. The molecule has 2 aromatic heterocycles. The molecule has 0 aliphatic heterocycles. The maximum Gasteiger partial charge on any atom is 0.0868 e. The van der Waals surface area contributed by atoms with Gasteiger partial charge in [0, 0.05) is 27.9 Å². The Labute approximate surface area is 107 Å². The Hall–Kier alpha value is -1.68. The number of fused-ring (bicyclic) bond motifs is 1. The zero-order valence-corrected chi connectivity index (χ0v) is 10.8. The lowest BCUT2D eigenvalue weighted by atomic mass is 10.1. The van der Waals surface area contributed by atoms with Crippen LogP contribution in [0.5, 0.6) is 0 Å². The van der Waals surface area contributed by atoms with Crippen LogP contribution in [0, 0.1) is 6.92 Å². The Morgan fingerprint density at radius 2 is 2.12 bits per heavy atom. The maximum absolute atomic E-state index is 4.56. The molecule has 0 amide bonds. The number of nitrogens with zero attached hydrogens (tertiary/aromatic N) is 3. The molecule has 0 radical (unpaired) electrons. The average molecular weight is 288 g/mol. The summed E-state index contributed by atoms with van der Waals surface area (Å²) in [5, 5.41) is 5.37. The molecule has 0 aliphatic rings. The molecule has 0 aliphatic carbocycles. The van der Waals surface area contributed by atoms with Crippen molar-refractivity contribution in [2.45, 2.75) is 6.92 Å². The lowest BCUT2D eigenvalue weighted by molar-refractivity contribution is 0.884. The highest BCUT2D eigenvalue weighted by Gasteiger charge is 2.08. The van der Waals surface area contributed by atoms with E-state index in [1.165, 1.54) is 0 Å². The number of aryl methyl sites for hydroxylation is 1. The van der Waals surface area contributed by atoms with Crippen LogP contribution in [0.1, 0.15) is 5.69 Å². The maximum atomic E-state index is 4.56. The third-order valence-corrected chi connectivity index (χ3v) is 3.29. The van der Waals surface area contributed by atoms with E-state index in [1.807, 2.05) is 42.1 Å². The molecule has 4 heteroatoms. The van der Waals surface area contributed by atoms with Crippen LogP contribution in [0.3, 0.4) is 0 Å². The van der Waals surface area contributed by atoms with E-state index >= 15 is 0 Å². The summed E-state index contributed by atoms with van der Waals surface area (Å²) in [7, 11) is 0. The first-order valence-electron chi connectivity index (χ1n) is 5.31. The minimum absolute atomic E-state index is 0.970. The number of benzene rings is 1. The summed E-state index contributed by atoms with van der Waals surface area (Å²) < 4.78 is 2.87. The van der Waals surface area contributed by atoms with Gasteiger partial charge < -0.3 is 0 Å². The van der Waals surface area contributed by atoms with Crippen LogP contribution in [-0.4, -0.2) is 14.8 Å². The molecule has 1 aromatic carbocycles. The second kappa shape index (κ2) is 3.96. The van der Waals surface area contributed by atoms with Crippen LogP contribution < -0.4 is 0 Å². The van der Waals surface area contributed by atoms with E-state index < -0.39 is 0 Å². The normalized spacial score (nSPS) is 10.9. The highest BCUT2D eigenvalue weighted by atomic mass is 79.9. The zero-order chi connectivity index (χ0) is 11.8. The summed E-state index contributed by atoms with van der Waals surface area (Å²) in [6, 6.07) is 10.0. The Morgan fingerprint density at radius 3 is 2.88 bits per heavy atom. The van der Waals surface area contributed by atoms with E-state index in [0.29, 0.717) is 0 Å². The van der Waals surface area contributed by atoms with Gasteiger partial charge >= 0.3 is 0 Å². The van der Waals surface area contributed by atoms with E-state index in [9.17, 15) is 0 Å². The van der Waals surface area contributed by atoms with Gasteiger partial charge in [-0.1, -0.05) is 12.1 Å². The van der Waals surface area contributed by atoms with Crippen LogP contribution in [0.2, 0.25) is 0 Å². The standard InChI is InChI=1S/C13H10BrN3/c1-9-8-12(17-7-3-6-15-17)10-4-2-5-11(14)13(10)16-9/h2-8H,1H3. The Kier molecular flexibility index (Phi) is 2.44. The number of hydrogen-bond acceptors (Lipinski definition) is 2. The fraction of sp³-hybridized carbons (Fsp3) is 0.0769. The Bertz CT molecular complexity index is 674. The highest BCUT2D eigenvalue weighted by Crippen LogP contribution is 2.27. The first kappa shape index (κ1) is 10.5. The van der Waals surface area contributed by atoms with Gasteiger partial charge in [-0.15, -0.1) is 0 Å². The van der Waals surface area contributed by atoms with Gasteiger partial charge in [-0.3, -0.25) is 4.98 Å². The number of rotatable bonds is 1. The van der Waals surface area contributed by atoms with Gasteiger partial charge in [0.25, 0.3) is 0 Å². The van der Waals surface area contributed by atoms with Gasteiger partial charge in [0.05, 0.1) is 11.2 Å². The third kappa shape index (κ3) is 1.74. The molecule has 84 valence electrons. The summed E-state index contributed by atoms with van der Waals surface area (Å²) in [5.41, 5.74) is 3.01. The number of aromatic nitrogens is 3. The van der Waals surface area contributed by atoms with Crippen LogP contribution in [0.25, 0.3) is 16.6 Å². The van der Waals surface area contributed by atoms with Gasteiger partial charge in [-0.25, -0.2) is 4.68 Å². The predicted octanol–water partition coefficient (Wildman–Crippen LogP) is 3.49. The summed E-state index contributed by atoms with van der Waals surface area (Å²) in [5.74, 6) is 0. The van der Waals surface area contributed by atoms with Gasteiger partial charge in [-0.05, 0) is 41.1 Å². The van der Waals surface area contributed by atoms with Crippen LogP contribution in [0.15, 0.2) is 47.2 Å². The first-order valence-corrected chi connectivity index (χ1v) is 6.11. The van der Waals surface area contributed by atoms with Gasteiger partial charge in [-0.2, -0.15) is 5.10 Å². The largest absolute Gasteiger partial charge is 0.252 e. The number of pyridine rings is 1. The molecular formula is C13H10BrN3. The first-order chi connectivity index (χ1) is 8.25. The van der Waals surface area contributed by atoms with Crippen LogP contribution >= 0.6 is 15.9 Å². The number of para-hydroxylation sites is 1. The summed E-state index contributed by atoms with van der Waals surface area (Å²) >= 11 is 3.54. The van der Waals surface area contributed by atoms with Crippen molar-refractivity contribution in [3.8, 4) is 5.69 Å². The summed E-state index contributed by atoms with van der Waals surface area (Å²) in [6.45, 7) is 1.99. The highest BCUT2D eigenvalue weighted by molar-refractivity contribution is 9.10. The molecule has 3 nitrogen and oxygen atoms in total. The minimum Gasteiger partial charge on any atom is -0.252 e. The van der Waals surface area contributed by atoms with Gasteiger partial charge in [0.15, 0.2) is 0 Å². The molecule has 0 fully saturated rings. The lowest BCUT2D eigenvalue weighted by Crippen LogP contribution is -1.98. The molecule has 0 bridgehead atoms. The Morgan fingerprint density at radius 1 is 1.24 bits per heavy atom. The summed E-state index contributed by atoms with van der Waals surface area (Å²) in [6.07, 6.45) is 3.72. The van der Waals surface area contributed by atoms with Crippen molar-refractivity contribution in [2.75, 3.05) is 0 Å². The zero-order valence-electron chi connectivity index (χ0n) is 9.26. The van der Waals surface area contributed by atoms with Crippen LogP contribution in [-0.2, 0) is 0 Å². The quantitative estimate of drug-likeness (QED) is 0.686. The topological polar surface area (TPSA) is 30.7 Å². The van der Waals surface area contributed by atoms with Crippen LogP contribution in [0.4, 0.5) is 0 Å². The van der Waals surface area contributed by atoms with Gasteiger partial charge in [0.2, 0.25) is 0 Å². The Balaban J connectivity index is 2.42. The van der Waals surface area contributed by atoms with Crippen molar-refractivity contribution in [3.05, 3.63) is 52.9 Å². The molecule has 3 rings (SSSR count). The van der Waals surface area contributed by atoms with Gasteiger partial charge in [0.1, 0.15) is 0 Å². The predicted molar refractivity (Wildman–Crippen MR) is 71.3 cm³/mol. The molecule has 0 saturated carbocycles. The molecule has 2 heterocycles. The molecule has 3 aromatic rings. The molecule has 0 N–H and O–H groups in total. The second-order valence-corrected chi connectivity index (χ2v) is 4.72. The van der Waals surface area contributed by atoms with Crippen molar-refractivity contribution in [1.29, 1.82) is 0 Å². The SMILES string of the molecule is Cc1cc(-n2cccn2)c2cccc(Br)c2n1. The van der Waals surface area contributed by atoms with E-state index in [0.717, 1.165) is 26.8 Å². The fourth-order valence-corrected chi connectivity index (χ4v) is 2.38. The fourth-order valence-electron chi connectivity index (χ4n) is 1.92. The summed E-state index contributed by atoms with van der Waals surface area (Å²) in [4.78, 5) is 4.56. The van der Waals surface area contributed by atoms with Crippen molar-refractivity contribution < 1.29 is 0 Å². The third-order valence-electron chi connectivity index (χ3n) is 2.65.